The molecule has 0 aliphatic carbocycles. The molecule has 3 aromatic rings. The molecule has 0 atom stereocenters. The minimum Gasteiger partial charge on any atom is -0.497 e. The quantitative estimate of drug-likeness (QED) is 0.633. The fourth-order valence-corrected chi connectivity index (χ4v) is 3.29. The average Bonchev–Trinajstić information content (AvgIpc) is 3.29. The summed E-state index contributed by atoms with van der Waals surface area (Å²) >= 11 is 2.89. The Morgan fingerprint density at radius 3 is 3.08 bits per heavy atom. The minimum atomic E-state index is -0.0645. The van der Waals surface area contributed by atoms with Crippen molar-refractivity contribution >= 4 is 29.0 Å². The predicted molar refractivity (Wildman–Crippen MR) is 95.3 cm³/mol. The van der Waals surface area contributed by atoms with Crippen molar-refractivity contribution in [1.29, 1.82) is 0 Å². The molecule has 3 rings (SSSR count). The molecule has 0 unspecified atom stereocenters. The lowest BCUT2D eigenvalue weighted by Gasteiger charge is -2.06. The third-order valence-corrected chi connectivity index (χ3v) is 4.90. The Hall–Kier alpha value is -2.32. The van der Waals surface area contributed by atoms with E-state index in [1.807, 2.05) is 41.8 Å². The van der Waals surface area contributed by atoms with Crippen molar-refractivity contribution in [3.63, 3.8) is 0 Å². The van der Waals surface area contributed by atoms with Gasteiger partial charge in [-0.3, -0.25) is 9.89 Å². The fraction of sp³-hybridized carbons (Fsp3) is 0.188. The van der Waals surface area contributed by atoms with Crippen LogP contribution in [0.3, 0.4) is 0 Å². The number of ether oxygens (including phenoxy) is 1. The Morgan fingerprint density at radius 2 is 2.29 bits per heavy atom. The molecule has 124 valence electrons. The van der Waals surface area contributed by atoms with Gasteiger partial charge >= 0.3 is 0 Å². The van der Waals surface area contributed by atoms with Crippen molar-refractivity contribution in [2.24, 2.45) is 0 Å². The highest BCUT2D eigenvalue weighted by Crippen LogP contribution is 2.23. The van der Waals surface area contributed by atoms with Gasteiger partial charge in [-0.2, -0.15) is 0 Å². The number of amides is 1. The summed E-state index contributed by atoms with van der Waals surface area (Å²) < 4.78 is 5.16. The Morgan fingerprint density at radius 1 is 1.38 bits per heavy atom. The topological polar surface area (TPSA) is 79.9 Å². The monoisotopic (exact) mass is 360 g/mol. The summed E-state index contributed by atoms with van der Waals surface area (Å²) in [6.07, 6.45) is 0. The molecular weight excluding hydrogens is 344 g/mol. The summed E-state index contributed by atoms with van der Waals surface area (Å²) in [4.78, 5) is 17.4. The number of benzene rings is 1. The minimum absolute atomic E-state index is 0.0645. The number of methoxy groups -OCH3 is 1. The van der Waals surface area contributed by atoms with Gasteiger partial charge in [-0.05, 0) is 29.1 Å². The zero-order chi connectivity index (χ0) is 16.8. The van der Waals surface area contributed by atoms with E-state index in [2.05, 4.69) is 20.5 Å². The standard InChI is InChI=1S/C16H16N4O2S2/c1-22-12-5-2-4-11(8-12)9-17-14(21)10-24-16-18-15(19-20-16)13-6-3-7-23-13/h2-8H,9-10H2,1H3,(H,17,21)(H,18,19,20). The highest BCUT2D eigenvalue weighted by molar-refractivity contribution is 7.99. The van der Waals surface area contributed by atoms with Gasteiger partial charge in [0.25, 0.3) is 0 Å². The zero-order valence-corrected chi connectivity index (χ0v) is 14.6. The van der Waals surface area contributed by atoms with Crippen LogP contribution in [0.15, 0.2) is 46.9 Å². The SMILES string of the molecule is COc1cccc(CNC(=O)CSc2n[nH]c(-c3cccs3)n2)c1. The first-order valence-electron chi connectivity index (χ1n) is 7.23. The van der Waals surface area contributed by atoms with Crippen LogP contribution in [-0.4, -0.2) is 34.0 Å². The van der Waals surface area contributed by atoms with E-state index in [0.717, 1.165) is 22.0 Å². The van der Waals surface area contributed by atoms with Gasteiger partial charge < -0.3 is 10.1 Å². The van der Waals surface area contributed by atoms with E-state index in [1.165, 1.54) is 11.8 Å². The van der Waals surface area contributed by atoms with Crippen molar-refractivity contribution in [1.82, 2.24) is 20.5 Å². The lowest BCUT2D eigenvalue weighted by Crippen LogP contribution is -2.24. The average molecular weight is 360 g/mol. The molecular formula is C16H16N4O2S2. The molecule has 0 spiro atoms. The van der Waals surface area contributed by atoms with Gasteiger partial charge in [0.15, 0.2) is 5.82 Å². The Kier molecular flexibility index (Phi) is 5.50. The van der Waals surface area contributed by atoms with E-state index in [9.17, 15) is 4.79 Å². The summed E-state index contributed by atoms with van der Waals surface area (Å²) in [6, 6.07) is 11.5. The molecule has 0 saturated heterocycles. The number of rotatable bonds is 7. The van der Waals surface area contributed by atoms with Crippen LogP contribution in [0.2, 0.25) is 0 Å². The molecule has 2 aromatic heterocycles. The number of hydrogen-bond donors (Lipinski definition) is 2. The summed E-state index contributed by atoms with van der Waals surface area (Å²) in [6.45, 7) is 0.463. The van der Waals surface area contributed by atoms with Crippen LogP contribution < -0.4 is 10.1 Å². The van der Waals surface area contributed by atoms with Crippen molar-refractivity contribution in [2.45, 2.75) is 11.7 Å². The summed E-state index contributed by atoms with van der Waals surface area (Å²) in [5.74, 6) is 1.71. The normalized spacial score (nSPS) is 10.5. The van der Waals surface area contributed by atoms with Crippen molar-refractivity contribution in [3.05, 3.63) is 47.3 Å². The number of carbonyl (C=O) groups is 1. The molecule has 0 bridgehead atoms. The molecule has 0 fully saturated rings. The maximum Gasteiger partial charge on any atom is 0.230 e. The van der Waals surface area contributed by atoms with E-state index in [-0.39, 0.29) is 11.7 Å². The van der Waals surface area contributed by atoms with Crippen molar-refractivity contribution < 1.29 is 9.53 Å². The van der Waals surface area contributed by atoms with Gasteiger partial charge in [-0.25, -0.2) is 4.98 Å². The first-order valence-corrected chi connectivity index (χ1v) is 9.10. The second-order valence-corrected chi connectivity index (χ2v) is 6.75. The van der Waals surface area contributed by atoms with Crippen LogP contribution in [0.25, 0.3) is 10.7 Å². The van der Waals surface area contributed by atoms with Gasteiger partial charge in [-0.1, -0.05) is 30.0 Å². The van der Waals surface area contributed by atoms with Crippen LogP contribution in [0.5, 0.6) is 5.75 Å². The Labute approximate surface area is 147 Å². The molecule has 0 aliphatic rings. The van der Waals surface area contributed by atoms with Crippen LogP contribution in [0.1, 0.15) is 5.56 Å². The Balaban J connectivity index is 1.47. The number of thioether (sulfide) groups is 1. The molecule has 1 aromatic carbocycles. The third-order valence-electron chi connectivity index (χ3n) is 3.18. The van der Waals surface area contributed by atoms with Crippen molar-refractivity contribution in [3.8, 4) is 16.5 Å². The number of carbonyl (C=O) groups excluding carboxylic acids is 1. The highest BCUT2D eigenvalue weighted by Gasteiger charge is 2.09. The highest BCUT2D eigenvalue weighted by atomic mass is 32.2. The lowest BCUT2D eigenvalue weighted by molar-refractivity contribution is -0.118. The molecule has 2 N–H and O–H groups in total. The summed E-state index contributed by atoms with van der Waals surface area (Å²) in [5, 5.41) is 12.4. The maximum absolute atomic E-state index is 12.0. The first-order chi connectivity index (χ1) is 11.7. The molecule has 0 radical (unpaired) electrons. The van der Waals surface area contributed by atoms with Gasteiger partial charge in [-0.15, -0.1) is 16.4 Å². The van der Waals surface area contributed by atoms with Gasteiger partial charge in [0.05, 0.1) is 17.7 Å². The molecule has 8 heteroatoms. The van der Waals surface area contributed by atoms with Crippen LogP contribution in [-0.2, 0) is 11.3 Å². The van der Waals surface area contributed by atoms with E-state index in [0.29, 0.717) is 11.7 Å². The summed E-state index contributed by atoms with van der Waals surface area (Å²) in [5.41, 5.74) is 0.991. The summed E-state index contributed by atoms with van der Waals surface area (Å²) in [7, 11) is 1.62. The molecule has 0 saturated carbocycles. The van der Waals surface area contributed by atoms with Gasteiger partial charge in [0, 0.05) is 6.54 Å². The molecule has 6 nitrogen and oxygen atoms in total. The number of aromatic amines is 1. The molecule has 0 aliphatic heterocycles. The van der Waals surface area contributed by atoms with Gasteiger partial charge in [0.1, 0.15) is 5.75 Å². The second-order valence-electron chi connectivity index (χ2n) is 4.86. The number of hydrogen-bond acceptors (Lipinski definition) is 6. The molecule has 1 amide bonds. The molecule has 24 heavy (non-hydrogen) atoms. The van der Waals surface area contributed by atoms with Crippen molar-refractivity contribution in [2.75, 3.05) is 12.9 Å². The predicted octanol–water partition coefficient (Wildman–Crippen LogP) is 2.95. The largest absolute Gasteiger partial charge is 0.497 e. The fourth-order valence-electron chi connectivity index (χ4n) is 2.00. The van der Waals surface area contributed by atoms with Crippen LogP contribution in [0, 0.1) is 0 Å². The van der Waals surface area contributed by atoms with Gasteiger partial charge in [0.2, 0.25) is 11.1 Å². The lowest BCUT2D eigenvalue weighted by atomic mass is 10.2. The number of thiophene rings is 1. The van der Waals surface area contributed by atoms with E-state index in [1.54, 1.807) is 18.4 Å². The number of aromatic nitrogens is 3. The number of H-pyrrole nitrogens is 1. The zero-order valence-electron chi connectivity index (χ0n) is 13.0. The third kappa shape index (κ3) is 4.36. The molecule has 2 heterocycles. The number of nitrogens with zero attached hydrogens (tertiary/aromatic N) is 2. The van der Waals surface area contributed by atoms with E-state index >= 15 is 0 Å². The maximum atomic E-state index is 12.0. The Bertz CT molecular complexity index is 802. The first kappa shape index (κ1) is 16.5. The van der Waals surface area contributed by atoms with E-state index in [4.69, 9.17) is 4.74 Å². The van der Waals surface area contributed by atoms with E-state index < -0.39 is 0 Å². The van der Waals surface area contributed by atoms with Crippen LogP contribution in [0.4, 0.5) is 0 Å². The van der Waals surface area contributed by atoms with Crippen LogP contribution >= 0.6 is 23.1 Å². The smallest absolute Gasteiger partial charge is 0.230 e. The second kappa shape index (κ2) is 7.98. The number of nitrogens with one attached hydrogen (secondary N) is 2.